The van der Waals surface area contributed by atoms with E-state index in [1.807, 2.05) is 47.1 Å². The molecule has 0 radical (unpaired) electrons. The molecule has 134 valence electrons. The van der Waals surface area contributed by atoms with Crippen LogP contribution in [-0.4, -0.2) is 37.7 Å². The molecule has 1 aliphatic heterocycles. The Morgan fingerprint density at radius 3 is 2.38 bits per heavy atom. The highest BCUT2D eigenvalue weighted by molar-refractivity contribution is 5.74. The molecule has 4 rings (SSSR count). The zero-order chi connectivity index (χ0) is 18.1. The number of anilines is 1. The number of aromatic nitrogens is 2. The first-order chi connectivity index (χ1) is 12.7. The van der Waals surface area contributed by atoms with Crippen LogP contribution in [0.15, 0.2) is 42.5 Å². The number of rotatable bonds is 5. The number of methoxy groups -OCH3 is 3. The van der Waals surface area contributed by atoms with Crippen molar-refractivity contribution in [2.45, 2.75) is 6.42 Å². The van der Waals surface area contributed by atoms with Gasteiger partial charge in [0.15, 0.2) is 11.5 Å². The summed E-state index contributed by atoms with van der Waals surface area (Å²) in [5, 5.41) is 8.33. The molecule has 2 heterocycles. The summed E-state index contributed by atoms with van der Waals surface area (Å²) in [4.78, 5) is 0. The Labute approximate surface area is 152 Å². The number of hydrogen-bond donors (Lipinski definition) is 1. The molecule has 0 amide bonds. The zero-order valence-corrected chi connectivity index (χ0v) is 15.1. The Morgan fingerprint density at radius 1 is 0.923 bits per heavy atom. The van der Waals surface area contributed by atoms with Gasteiger partial charge in [0, 0.05) is 17.7 Å². The molecule has 0 saturated heterocycles. The van der Waals surface area contributed by atoms with Crippen molar-refractivity contribution in [1.29, 1.82) is 0 Å². The summed E-state index contributed by atoms with van der Waals surface area (Å²) in [6, 6.07) is 13.8. The second-order valence-electron chi connectivity index (χ2n) is 6.03. The summed E-state index contributed by atoms with van der Waals surface area (Å²) in [5.74, 6) is 3.27. The lowest BCUT2D eigenvalue weighted by atomic mass is 10.1. The van der Waals surface area contributed by atoms with Crippen LogP contribution in [0.3, 0.4) is 0 Å². The van der Waals surface area contributed by atoms with Gasteiger partial charge in [0.05, 0.1) is 32.7 Å². The Balaban J connectivity index is 1.81. The smallest absolute Gasteiger partial charge is 0.161 e. The van der Waals surface area contributed by atoms with Crippen molar-refractivity contribution in [3.8, 4) is 34.2 Å². The third-order valence-corrected chi connectivity index (χ3v) is 4.62. The zero-order valence-electron chi connectivity index (χ0n) is 15.1. The van der Waals surface area contributed by atoms with Gasteiger partial charge in [-0.3, -0.25) is 0 Å². The fourth-order valence-corrected chi connectivity index (χ4v) is 3.30. The summed E-state index contributed by atoms with van der Waals surface area (Å²) < 4.78 is 18.0. The van der Waals surface area contributed by atoms with Gasteiger partial charge in [-0.25, -0.2) is 4.68 Å². The SMILES string of the molecule is COc1ccc(-n2nc(-c3ccc(OC)c(OC)c3)c3c2NCC3)cc1. The normalized spacial score (nSPS) is 12.4. The molecule has 0 unspecified atom stereocenters. The van der Waals surface area contributed by atoms with Gasteiger partial charge in [0.1, 0.15) is 11.6 Å². The van der Waals surface area contributed by atoms with Crippen molar-refractivity contribution in [1.82, 2.24) is 9.78 Å². The number of hydrogen-bond acceptors (Lipinski definition) is 5. The minimum Gasteiger partial charge on any atom is -0.497 e. The van der Waals surface area contributed by atoms with Crippen LogP contribution >= 0.6 is 0 Å². The summed E-state index contributed by atoms with van der Waals surface area (Å²) in [6.45, 7) is 0.906. The summed E-state index contributed by atoms with van der Waals surface area (Å²) in [7, 11) is 4.94. The van der Waals surface area contributed by atoms with Gasteiger partial charge in [-0.1, -0.05) is 0 Å². The molecule has 0 aliphatic carbocycles. The van der Waals surface area contributed by atoms with E-state index in [4.69, 9.17) is 19.3 Å². The van der Waals surface area contributed by atoms with Crippen LogP contribution < -0.4 is 19.5 Å². The van der Waals surface area contributed by atoms with E-state index in [-0.39, 0.29) is 0 Å². The molecule has 3 aromatic rings. The summed E-state index contributed by atoms with van der Waals surface area (Å²) in [6.07, 6.45) is 0.940. The third-order valence-electron chi connectivity index (χ3n) is 4.62. The molecule has 0 saturated carbocycles. The van der Waals surface area contributed by atoms with Gasteiger partial charge in [-0.05, 0) is 48.9 Å². The maximum absolute atomic E-state index is 5.45. The molecule has 2 aromatic carbocycles. The maximum Gasteiger partial charge on any atom is 0.161 e. The van der Waals surface area contributed by atoms with Crippen LogP contribution in [0.2, 0.25) is 0 Å². The molecular formula is C20H21N3O3. The topological polar surface area (TPSA) is 57.5 Å². The van der Waals surface area contributed by atoms with E-state index in [9.17, 15) is 0 Å². The van der Waals surface area contributed by atoms with E-state index >= 15 is 0 Å². The monoisotopic (exact) mass is 351 g/mol. The molecular weight excluding hydrogens is 330 g/mol. The van der Waals surface area contributed by atoms with E-state index in [0.717, 1.165) is 41.5 Å². The first-order valence-corrected chi connectivity index (χ1v) is 8.47. The van der Waals surface area contributed by atoms with Crippen molar-refractivity contribution in [3.63, 3.8) is 0 Å². The summed E-state index contributed by atoms with van der Waals surface area (Å²) in [5.41, 5.74) is 4.17. The number of nitrogens with one attached hydrogen (secondary N) is 1. The van der Waals surface area contributed by atoms with Gasteiger partial charge in [0.25, 0.3) is 0 Å². The molecule has 6 heteroatoms. The average molecular weight is 351 g/mol. The predicted molar refractivity (Wildman–Crippen MR) is 101 cm³/mol. The lowest BCUT2D eigenvalue weighted by Crippen LogP contribution is -2.04. The van der Waals surface area contributed by atoms with E-state index < -0.39 is 0 Å². The first kappa shape index (κ1) is 16.3. The molecule has 1 N–H and O–H groups in total. The number of ether oxygens (including phenoxy) is 3. The lowest BCUT2D eigenvalue weighted by molar-refractivity contribution is 0.355. The standard InChI is InChI=1S/C20H21N3O3/c1-24-15-7-5-14(6-8-15)23-20-16(10-11-21-20)19(22-23)13-4-9-17(25-2)18(12-13)26-3/h4-9,12,21H,10-11H2,1-3H3. The van der Waals surface area contributed by atoms with Crippen molar-refractivity contribution >= 4 is 5.82 Å². The Kier molecular flexibility index (Phi) is 4.16. The van der Waals surface area contributed by atoms with Crippen molar-refractivity contribution in [2.75, 3.05) is 33.2 Å². The highest BCUT2D eigenvalue weighted by Crippen LogP contribution is 2.38. The van der Waals surface area contributed by atoms with Gasteiger partial charge >= 0.3 is 0 Å². The average Bonchev–Trinajstić information content (AvgIpc) is 3.30. The Morgan fingerprint density at radius 2 is 1.69 bits per heavy atom. The van der Waals surface area contributed by atoms with Crippen molar-refractivity contribution in [2.24, 2.45) is 0 Å². The number of fused-ring (bicyclic) bond motifs is 1. The molecule has 1 aromatic heterocycles. The minimum atomic E-state index is 0.698. The van der Waals surface area contributed by atoms with E-state index in [1.165, 1.54) is 5.56 Å². The van der Waals surface area contributed by atoms with Crippen molar-refractivity contribution in [3.05, 3.63) is 48.0 Å². The summed E-state index contributed by atoms with van der Waals surface area (Å²) >= 11 is 0. The van der Waals surface area contributed by atoms with Crippen molar-refractivity contribution < 1.29 is 14.2 Å². The second kappa shape index (κ2) is 6.63. The van der Waals surface area contributed by atoms with E-state index in [2.05, 4.69) is 5.32 Å². The first-order valence-electron chi connectivity index (χ1n) is 8.47. The van der Waals surface area contributed by atoms with Gasteiger partial charge in [0.2, 0.25) is 0 Å². The molecule has 0 fully saturated rings. The predicted octanol–water partition coefficient (Wildman–Crippen LogP) is 3.53. The molecule has 0 atom stereocenters. The molecule has 26 heavy (non-hydrogen) atoms. The van der Waals surface area contributed by atoms with Crippen LogP contribution in [-0.2, 0) is 6.42 Å². The molecule has 0 bridgehead atoms. The Hall–Kier alpha value is -3.15. The van der Waals surface area contributed by atoms with E-state index in [1.54, 1.807) is 21.3 Å². The van der Waals surface area contributed by atoms with Crippen LogP contribution in [0, 0.1) is 0 Å². The fourth-order valence-electron chi connectivity index (χ4n) is 3.30. The van der Waals surface area contributed by atoms with Crippen LogP contribution in [0.1, 0.15) is 5.56 Å². The van der Waals surface area contributed by atoms with Crippen LogP contribution in [0.4, 0.5) is 5.82 Å². The van der Waals surface area contributed by atoms with Gasteiger partial charge in [-0.15, -0.1) is 0 Å². The van der Waals surface area contributed by atoms with E-state index in [0.29, 0.717) is 11.5 Å². The van der Waals surface area contributed by atoms with Crippen LogP contribution in [0.5, 0.6) is 17.2 Å². The van der Waals surface area contributed by atoms with Gasteiger partial charge in [-0.2, -0.15) is 5.10 Å². The second-order valence-corrected chi connectivity index (χ2v) is 6.03. The Bertz CT molecular complexity index is 932. The minimum absolute atomic E-state index is 0.698. The lowest BCUT2D eigenvalue weighted by Gasteiger charge is -2.09. The fraction of sp³-hybridized carbons (Fsp3) is 0.250. The highest BCUT2D eigenvalue weighted by Gasteiger charge is 2.24. The quantitative estimate of drug-likeness (QED) is 0.762. The van der Waals surface area contributed by atoms with Gasteiger partial charge < -0.3 is 19.5 Å². The molecule has 6 nitrogen and oxygen atoms in total. The molecule has 1 aliphatic rings. The number of benzene rings is 2. The third kappa shape index (κ3) is 2.63. The largest absolute Gasteiger partial charge is 0.497 e. The number of nitrogens with zero attached hydrogens (tertiary/aromatic N) is 2. The maximum atomic E-state index is 5.45. The molecule has 0 spiro atoms. The highest BCUT2D eigenvalue weighted by atomic mass is 16.5. The van der Waals surface area contributed by atoms with Crippen LogP contribution in [0.25, 0.3) is 16.9 Å².